The van der Waals surface area contributed by atoms with E-state index in [9.17, 15) is 0 Å². The van der Waals surface area contributed by atoms with Crippen molar-refractivity contribution in [2.75, 3.05) is 0 Å². The molecule has 0 radical (unpaired) electrons. The van der Waals surface area contributed by atoms with Gasteiger partial charge in [0.15, 0.2) is 0 Å². The van der Waals surface area contributed by atoms with Crippen molar-refractivity contribution in [3.8, 4) is 28.4 Å². The Morgan fingerprint density at radius 2 is 0.412 bits per heavy atom. The number of fused-ring (bicyclic) bond motifs is 18. The number of rotatable bonds is 5. The molecule has 0 unspecified atom stereocenters. The predicted octanol–water partition coefficient (Wildman–Crippen LogP) is 28.8. The Morgan fingerprint density at radius 1 is 0.149 bits per heavy atom. The van der Waals surface area contributed by atoms with Crippen LogP contribution in [0.15, 0.2) is 413 Å². The summed E-state index contributed by atoms with van der Waals surface area (Å²) in [7, 11) is 2.12. The Balaban J connectivity index is 0.0000000954. The molecule has 548 valence electrons. The molecular weight excluding hydrogens is 1380 g/mol. The van der Waals surface area contributed by atoms with E-state index in [-0.39, 0.29) is 0 Å². The van der Waals surface area contributed by atoms with Gasteiger partial charge in [0, 0.05) is 111 Å². The number of nitrogens with zero attached hydrogens (tertiary/aromatic N) is 6. The van der Waals surface area contributed by atoms with E-state index in [4.69, 9.17) is 0 Å². The minimum atomic E-state index is 1.21. The Morgan fingerprint density at radius 3 is 0.842 bits per heavy atom. The van der Waals surface area contributed by atoms with Gasteiger partial charge in [-0.15, -0.1) is 0 Å². The maximum absolute atomic E-state index is 2.34. The summed E-state index contributed by atoms with van der Waals surface area (Å²) >= 11 is 0. The highest BCUT2D eigenvalue weighted by Crippen LogP contribution is 2.39. The van der Waals surface area contributed by atoms with Crippen molar-refractivity contribution in [1.82, 2.24) is 27.4 Å². The van der Waals surface area contributed by atoms with Crippen LogP contribution in [0.3, 0.4) is 0 Å². The molecular formula is C108H86N6. The number of hydrogen-bond donors (Lipinski definition) is 0. The summed E-state index contributed by atoms with van der Waals surface area (Å²) in [6.07, 6.45) is 0. The third-order valence-corrected chi connectivity index (χ3v) is 22.1. The summed E-state index contributed by atoms with van der Waals surface area (Å²) in [5.74, 6) is 0. The van der Waals surface area contributed by atoms with Crippen LogP contribution in [-0.2, 0) is 7.05 Å². The maximum Gasteiger partial charge on any atom is 0.0543 e. The van der Waals surface area contributed by atoms with E-state index in [2.05, 4.69) is 482 Å². The first-order valence-corrected chi connectivity index (χ1v) is 39.3. The first kappa shape index (κ1) is 71.2. The molecule has 0 aliphatic heterocycles. The number of aryl methyl sites for hydroxylation is 6. The predicted molar refractivity (Wildman–Crippen MR) is 488 cm³/mol. The van der Waals surface area contributed by atoms with Crippen molar-refractivity contribution in [3.05, 3.63) is 440 Å². The minimum Gasteiger partial charge on any atom is -0.344 e. The van der Waals surface area contributed by atoms with E-state index < -0.39 is 0 Å². The van der Waals surface area contributed by atoms with Gasteiger partial charge in [-0.05, 0) is 191 Å². The lowest BCUT2D eigenvalue weighted by Gasteiger charge is -2.08. The molecule has 0 amide bonds. The van der Waals surface area contributed by atoms with Crippen LogP contribution in [0.25, 0.3) is 159 Å². The monoisotopic (exact) mass is 1470 g/mol. The topological polar surface area (TPSA) is 29.6 Å². The summed E-state index contributed by atoms with van der Waals surface area (Å²) in [4.78, 5) is 0. The van der Waals surface area contributed by atoms with Crippen molar-refractivity contribution < 1.29 is 0 Å². The normalized spacial score (nSPS) is 11.2. The molecule has 0 saturated carbocycles. The molecule has 0 saturated heterocycles. The molecule has 0 aliphatic rings. The number of para-hydroxylation sites is 12. The van der Waals surface area contributed by atoms with E-state index in [0.29, 0.717) is 0 Å². The number of hydrogen-bond acceptors (Lipinski definition) is 0. The largest absolute Gasteiger partial charge is 0.344 e. The van der Waals surface area contributed by atoms with E-state index >= 15 is 0 Å². The van der Waals surface area contributed by atoms with Crippen molar-refractivity contribution in [3.63, 3.8) is 0 Å². The zero-order chi connectivity index (χ0) is 77.2. The molecule has 0 fully saturated rings. The second kappa shape index (κ2) is 31.1. The molecule has 6 heteroatoms. The van der Waals surface area contributed by atoms with Crippen LogP contribution in [0.4, 0.5) is 0 Å². The van der Waals surface area contributed by atoms with E-state index in [1.807, 2.05) is 0 Å². The first-order valence-electron chi connectivity index (χ1n) is 39.3. The Labute approximate surface area is 664 Å². The Kier molecular flexibility index (Phi) is 19.4. The zero-order valence-electron chi connectivity index (χ0n) is 64.9. The smallest absolute Gasteiger partial charge is 0.0543 e. The van der Waals surface area contributed by atoms with Crippen molar-refractivity contribution in [2.24, 2.45) is 7.05 Å². The molecule has 17 aromatic carbocycles. The van der Waals surface area contributed by atoms with Crippen LogP contribution in [0.2, 0.25) is 0 Å². The SMILES string of the molecule is Cc1ccc(-n2c3ccccc3c3ccccc32)cc1.Cc1ccc2c(c1)c1ccccc1n2-c1ccccc1.Cc1ccc2c3ccccc3n(-c3ccccc3)c2c1.Cc1cccc(-n2c3ccccc3c3ccccc32)c1.Cc1cccc2c1c1ccccc1n2-c1ccccc1.Cn1c2ccccc2c2ccccc21. The molecule has 6 nitrogen and oxygen atoms in total. The molecule has 23 aromatic rings. The zero-order valence-corrected chi connectivity index (χ0v) is 64.9. The van der Waals surface area contributed by atoms with Crippen LogP contribution < -0.4 is 0 Å². The van der Waals surface area contributed by atoms with Gasteiger partial charge >= 0.3 is 0 Å². The van der Waals surface area contributed by atoms with Gasteiger partial charge < -0.3 is 27.4 Å². The van der Waals surface area contributed by atoms with Crippen molar-refractivity contribution in [1.29, 1.82) is 0 Å². The Bertz CT molecular complexity index is 7200. The summed E-state index contributed by atoms with van der Waals surface area (Å²) in [6.45, 7) is 10.7. The third kappa shape index (κ3) is 13.4. The van der Waals surface area contributed by atoms with Crippen LogP contribution in [0.1, 0.15) is 27.8 Å². The highest BCUT2D eigenvalue weighted by atomic mass is 15.0. The highest BCUT2D eigenvalue weighted by Gasteiger charge is 2.18. The molecule has 6 aromatic heterocycles. The minimum absolute atomic E-state index is 1.21. The molecule has 0 atom stereocenters. The average molecular weight is 1470 g/mol. The fourth-order valence-electron chi connectivity index (χ4n) is 16.9. The molecule has 0 aliphatic carbocycles. The van der Waals surface area contributed by atoms with E-state index in [1.54, 1.807) is 0 Å². The molecule has 0 spiro atoms. The van der Waals surface area contributed by atoms with Crippen molar-refractivity contribution in [2.45, 2.75) is 34.6 Å². The average Bonchev–Trinajstić information content (AvgIpc) is 1.60. The standard InChI is InChI=1S/5C19H15N.C13H11N/c1-14-7-6-8-15(13-14)20-18-11-4-2-9-16(18)17-10-3-5-12-19(17)20;1-14-10-12-15(13-11-14)20-18-8-4-2-6-16(18)17-7-3-5-9-19(17)20;1-14-8-7-13-18-19(14)16-11-5-6-12-17(16)20(18)15-9-3-2-4-10-15;1-14-11-12-19-17(13-14)16-9-5-6-10-18(16)20(19)15-7-3-2-4-8-15;1-14-11-12-17-16-9-5-6-10-18(16)20(19(17)13-14)15-7-3-2-4-8-15;1-14-12-8-4-2-6-10(12)11-7-3-5-9-13(11)14/h5*2-13H,1H3;2-9H,1H3. The fourth-order valence-corrected chi connectivity index (χ4v) is 16.9. The van der Waals surface area contributed by atoms with Crippen LogP contribution in [-0.4, -0.2) is 27.4 Å². The molecule has 6 heterocycles. The van der Waals surface area contributed by atoms with E-state index in [1.165, 1.54) is 187 Å². The van der Waals surface area contributed by atoms with Crippen molar-refractivity contribution >= 4 is 131 Å². The maximum atomic E-state index is 2.34. The lowest BCUT2D eigenvalue weighted by molar-refractivity contribution is 1.01. The van der Waals surface area contributed by atoms with Crippen LogP contribution >= 0.6 is 0 Å². The van der Waals surface area contributed by atoms with Crippen LogP contribution in [0, 0.1) is 34.6 Å². The van der Waals surface area contributed by atoms with Gasteiger partial charge in [-0.1, -0.05) is 284 Å². The second-order valence-electron chi connectivity index (χ2n) is 29.6. The van der Waals surface area contributed by atoms with E-state index in [0.717, 1.165) is 0 Å². The van der Waals surface area contributed by atoms with Crippen LogP contribution in [0.5, 0.6) is 0 Å². The van der Waals surface area contributed by atoms with Gasteiger partial charge in [0.05, 0.1) is 55.2 Å². The fraction of sp³-hybridized carbons (Fsp3) is 0.0556. The van der Waals surface area contributed by atoms with Gasteiger partial charge in [0.25, 0.3) is 0 Å². The van der Waals surface area contributed by atoms with Gasteiger partial charge in [0.1, 0.15) is 0 Å². The molecule has 114 heavy (non-hydrogen) atoms. The summed E-state index contributed by atoms with van der Waals surface area (Å²) < 4.78 is 14.0. The molecule has 23 rings (SSSR count). The first-order chi connectivity index (χ1) is 56.1. The quantitative estimate of drug-likeness (QED) is 0.164. The summed E-state index contributed by atoms with van der Waals surface area (Å²) in [5, 5.41) is 15.9. The van der Waals surface area contributed by atoms with Gasteiger partial charge in [-0.2, -0.15) is 0 Å². The Hall–Kier alpha value is -14.5. The summed E-state index contributed by atoms with van der Waals surface area (Å²) in [6, 6.07) is 146. The lowest BCUT2D eigenvalue weighted by atomic mass is 10.1. The summed E-state index contributed by atoms with van der Waals surface area (Å²) in [5.41, 5.74) is 27.8. The number of aromatic nitrogens is 6. The number of benzene rings is 17. The lowest BCUT2D eigenvalue weighted by Crippen LogP contribution is -1.93. The molecule has 0 bridgehead atoms. The second-order valence-corrected chi connectivity index (χ2v) is 29.6. The van der Waals surface area contributed by atoms with Gasteiger partial charge in [-0.25, -0.2) is 0 Å². The van der Waals surface area contributed by atoms with Gasteiger partial charge in [-0.3, -0.25) is 0 Å². The third-order valence-electron chi connectivity index (χ3n) is 22.1. The highest BCUT2D eigenvalue weighted by molar-refractivity contribution is 6.14. The molecule has 0 N–H and O–H groups in total. The van der Waals surface area contributed by atoms with Gasteiger partial charge in [0.2, 0.25) is 0 Å².